The molecule has 20 heavy (non-hydrogen) atoms. The summed E-state index contributed by atoms with van der Waals surface area (Å²) in [6.45, 7) is 4.30. The summed E-state index contributed by atoms with van der Waals surface area (Å²) < 4.78 is 0. The highest BCUT2D eigenvalue weighted by Crippen LogP contribution is 2.37. The molecule has 1 aliphatic heterocycles. The molecule has 0 saturated heterocycles. The molecule has 0 aromatic carbocycles. The van der Waals surface area contributed by atoms with E-state index in [0.717, 1.165) is 25.9 Å². The molecule has 0 saturated carbocycles. The smallest absolute Gasteiger partial charge is 0.0654 e. The van der Waals surface area contributed by atoms with E-state index in [1.807, 2.05) is 30.6 Å². The molecular formula is C16H21N3S. The van der Waals surface area contributed by atoms with Gasteiger partial charge in [-0.05, 0) is 51.2 Å². The third-order valence-corrected chi connectivity index (χ3v) is 5.00. The standard InChI is InChI=1S/C16H21N3S/c1-12-5-6-16(20-12)15(7-10-17-2)19-11-8-13-14(19)4-3-9-18-13/h3-6,9,15,17H,7-8,10-11H2,1-2H3/t15-/m1/s1. The average Bonchev–Trinajstić information content (AvgIpc) is 3.07. The van der Waals surface area contributed by atoms with Gasteiger partial charge in [-0.3, -0.25) is 4.98 Å². The van der Waals surface area contributed by atoms with Crippen LogP contribution in [-0.2, 0) is 6.42 Å². The molecule has 0 spiro atoms. The zero-order chi connectivity index (χ0) is 13.9. The lowest BCUT2D eigenvalue weighted by Gasteiger charge is -2.29. The minimum absolute atomic E-state index is 0.464. The Hall–Kier alpha value is -1.39. The van der Waals surface area contributed by atoms with Crippen molar-refractivity contribution in [2.75, 3.05) is 25.0 Å². The normalized spacial score (nSPS) is 15.4. The zero-order valence-corrected chi connectivity index (χ0v) is 12.9. The summed E-state index contributed by atoms with van der Waals surface area (Å²) in [6.07, 6.45) is 4.10. The molecule has 2 aromatic heterocycles. The third-order valence-electron chi connectivity index (χ3n) is 3.90. The summed E-state index contributed by atoms with van der Waals surface area (Å²) in [5.41, 5.74) is 2.56. The molecule has 0 fully saturated rings. The highest BCUT2D eigenvalue weighted by Gasteiger charge is 2.28. The van der Waals surface area contributed by atoms with Gasteiger partial charge in [0.1, 0.15) is 0 Å². The van der Waals surface area contributed by atoms with Crippen LogP contribution < -0.4 is 10.2 Å². The zero-order valence-electron chi connectivity index (χ0n) is 12.1. The number of hydrogen-bond acceptors (Lipinski definition) is 4. The monoisotopic (exact) mass is 287 g/mol. The summed E-state index contributed by atoms with van der Waals surface area (Å²) in [5.74, 6) is 0. The first-order valence-corrected chi connectivity index (χ1v) is 8.02. The number of anilines is 1. The second-order valence-electron chi connectivity index (χ2n) is 5.27. The molecule has 0 unspecified atom stereocenters. The van der Waals surface area contributed by atoms with Crippen molar-refractivity contribution in [1.82, 2.24) is 10.3 Å². The van der Waals surface area contributed by atoms with Crippen molar-refractivity contribution < 1.29 is 0 Å². The molecule has 1 aliphatic rings. The highest BCUT2D eigenvalue weighted by atomic mass is 32.1. The summed E-state index contributed by atoms with van der Waals surface area (Å²) >= 11 is 1.92. The van der Waals surface area contributed by atoms with E-state index in [9.17, 15) is 0 Å². The number of nitrogens with zero attached hydrogens (tertiary/aromatic N) is 2. The molecule has 0 aliphatic carbocycles. The minimum Gasteiger partial charge on any atom is -0.362 e. The Labute approximate surface area is 124 Å². The molecule has 3 heterocycles. The number of rotatable bonds is 5. The molecule has 3 rings (SSSR count). The van der Waals surface area contributed by atoms with E-state index in [4.69, 9.17) is 0 Å². The molecule has 0 radical (unpaired) electrons. The van der Waals surface area contributed by atoms with E-state index in [1.54, 1.807) is 0 Å². The largest absolute Gasteiger partial charge is 0.362 e. The molecule has 0 bridgehead atoms. The van der Waals surface area contributed by atoms with Gasteiger partial charge in [-0.15, -0.1) is 11.3 Å². The molecule has 106 valence electrons. The maximum absolute atomic E-state index is 4.52. The Bertz CT molecular complexity index is 579. The van der Waals surface area contributed by atoms with E-state index < -0.39 is 0 Å². The summed E-state index contributed by atoms with van der Waals surface area (Å²) in [6, 6.07) is 9.24. The van der Waals surface area contributed by atoms with Crippen LogP contribution in [0, 0.1) is 6.92 Å². The first kappa shape index (κ1) is 13.6. The van der Waals surface area contributed by atoms with E-state index in [1.165, 1.54) is 21.1 Å². The fraction of sp³-hybridized carbons (Fsp3) is 0.438. The number of pyridine rings is 1. The van der Waals surface area contributed by atoms with Gasteiger partial charge in [-0.25, -0.2) is 0 Å². The number of thiophene rings is 1. The Kier molecular flexibility index (Phi) is 4.03. The molecule has 0 amide bonds. The van der Waals surface area contributed by atoms with Crippen LogP contribution in [0.1, 0.15) is 27.9 Å². The Morgan fingerprint density at radius 1 is 1.40 bits per heavy atom. The molecule has 1 atom stereocenters. The third kappa shape index (κ3) is 2.58. The maximum atomic E-state index is 4.52. The van der Waals surface area contributed by atoms with Gasteiger partial charge in [0, 0.05) is 28.9 Å². The molecule has 3 nitrogen and oxygen atoms in total. The Balaban J connectivity index is 1.90. The van der Waals surface area contributed by atoms with Crippen molar-refractivity contribution in [2.45, 2.75) is 25.8 Å². The first-order valence-electron chi connectivity index (χ1n) is 7.21. The van der Waals surface area contributed by atoms with E-state index in [0.29, 0.717) is 6.04 Å². The maximum Gasteiger partial charge on any atom is 0.0654 e. The number of aromatic nitrogens is 1. The average molecular weight is 287 g/mol. The van der Waals surface area contributed by atoms with E-state index in [-0.39, 0.29) is 0 Å². The second kappa shape index (κ2) is 5.94. The van der Waals surface area contributed by atoms with Gasteiger partial charge in [0.15, 0.2) is 0 Å². The van der Waals surface area contributed by atoms with E-state index in [2.05, 4.69) is 40.3 Å². The lowest BCUT2D eigenvalue weighted by molar-refractivity contribution is 0.576. The van der Waals surface area contributed by atoms with Crippen molar-refractivity contribution in [3.63, 3.8) is 0 Å². The number of fused-ring (bicyclic) bond motifs is 1. The van der Waals surface area contributed by atoms with Crippen molar-refractivity contribution >= 4 is 17.0 Å². The van der Waals surface area contributed by atoms with Crippen LogP contribution in [0.4, 0.5) is 5.69 Å². The second-order valence-corrected chi connectivity index (χ2v) is 6.59. The number of aryl methyl sites for hydroxylation is 1. The summed E-state index contributed by atoms with van der Waals surface area (Å²) in [4.78, 5) is 9.91. The SMILES string of the molecule is CNCC[C@H](c1ccc(C)s1)N1CCc2ncccc21. The summed E-state index contributed by atoms with van der Waals surface area (Å²) in [7, 11) is 2.02. The van der Waals surface area contributed by atoms with Crippen molar-refractivity contribution in [3.8, 4) is 0 Å². The van der Waals surface area contributed by atoms with Gasteiger partial charge < -0.3 is 10.2 Å². The van der Waals surface area contributed by atoms with Crippen LogP contribution in [-0.4, -0.2) is 25.1 Å². The van der Waals surface area contributed by atoms with Crippen LogP contribution >= 0.6 is 11.3 Å². The highest BCUT2D eigenvalue weighted by molar-refractivity contribution is 7.12. The summed E-state index contributed by atoms with van der Waals surface area (Å²) in [5, 5.41) is 3.28. The van der Waals surface area contributed by atoms with Crippen molar-refractivity contribution in [1.29, 1.82) is 0 Å². The van der Waals surface area contributed by atoms with Crippen LogP contribution in [0.15, 0.2) is 30.5 Å². The van der Waals surface area contributed by atoms with Gasteiger partial charge in [-0.2, -0.15) is 0 Å². The fourth-order valence-electron chi connectivity index (χ4n) is 2.92. The first-order chi connectivity index (χ1) is 9.79. The molecule has 1 N–H and O–H groups in total. The fourth-order valence-corrected chi connectivity index (χ4v) is 3.94. The quantitative estimate of drug-likeness (QED) is 0.915. The van der Waals surface area contributed by atoms with Gasteiger partial charge >= 0.3 is 0 Å². The van der Waals surface area contributed by atoms with Gasteiger partial charge in [0.2, 0.25) is 0 Å². The lowest BCUT2D eigenvalue weighted by Crippen LogP contribution is -2.28. The van der Waals surface area contributed by atoms with Crippen molar-refractivity contribution in [2.24, 2.45) is 0 Å². The minimum atomic E-state index is 0.464. The topological polar surface area (TPSA) is 28.2 Å². The van der Waals surface area contributed by atoms with E-state index >= 15 is 0 Å². The number of hydrogen-bond donors (Lipinski definition) is 1. The molecule has 2 aromatic rings. The van der Waals surface area contributed by atoms with Crippen LogP contribution in [0.5, 0.6) is 0 Å². The van der Waals surface area contributed by atoms with Crippen LogP contribution in [0.2, 0.25) is 0 Å². The van der Waals surface area contributed by atoms with Crippen LogP contribution in [0.3, 0.4) is 0 Å². The molecular weight excluding hydrogens is 266 g/mol. The predicted molar refractivity (Wildman–Crippen MR) is 85.6 cm³/mol. The lowest BCUT2D eigenvalue weighted by atomic mass is 10.1. The van der Waals surface area contributed by atoms with Crippen LogP contribution in [0.25, 0.3) is 0 Å². The van der Waals surface area contributed by atoms with Gasteiger partial charge in [0.25, 0.3) is 0 Å². The number of nitrogens with one attached hydrogen (secondary N) is 1. The predicted octanol–water partition coefficient (Wildman–Crippen LogP) is 3.16. The van der Waals surface area contributed by atoms with Gasteiger partial charge in [0.05, 0.1) is 17.4 Å². The Morgan fingerprint density at radius 3 is 3.05 bits per heavy atom. The Morgan fingerprint density at radius 2 is 2.30 bits per heavy atom. The molecule has 4 heteroatoms. The van der Waals surface area contributed by atoms with Crippen molar-refractivity contribution in [3.05, 3.63) is 45.9 Å². The van der Waals surface area contributed by atoms with Gasteiger partial charge in [-0.1, -0.05) is 0 Å².